The van der Waals surface area contributed by atoms with Crippen LogP contribution >= 0.6 is 0 Å². The van der Waals surface area contributed by atoms with Gasteiger partial charge >= 0.3 is 12.2 Å². The summed E-state index contributed by atoms with van der Waals surface area (Å²) >= 11 is 0. The normalized spacial score (nSPS) is 26.6. The van der Waals surface area contributed by atoms with Gasteiger partial charge in [-0.3, -0.25) is 4.79 Å². The predicted molar refractivity (Wildman–Crippen MR) is 127 cm³/mol. The molecule has 3 fully saturated rings. The van der Waals surface area contributed by atoms with E-state index in [4.69, 9.17) is 4.74 Å². The summed E-state index contributed by atoms with van der Waals surface area (Å²) in [6, 6.07) is -3.01. The summed E-state index contributed by atoms with van der Waals surface area (Å²) in [6.45, 7) is 0.824. The molecule has 0 radical (unpaired) electrons. The van der Waals surface area contributed by atoms with Gasteiger partial charge in [-0.25, -0.2) is 27.7 Å². The molecule has 5 atom stereocenters. The molecule has 3 aliphatic rings. The Balaban J connectivity index is 1.30. The number of urea groups is 1. The number of carbonyl (C=O) groups is 2. The van der Waals surface area contributed by atoms with Crippen LogP contribution in [0.2, 0.25) is 0 Å². The van der Waals surface area contributed by atoms with E-state index >= 15 is 0 Å². The van der Waals surface area contributed by atoms with Crippen LogP contribution < -0.4 is 10.6 Å². The van der Waals surface area contributed by atoms with Gasteiger partial charge in [-0.1, -0.05) is 5.16 Å². The van der Waals surface area contributed by atoms with E-state index in [0.29, 0.717) is 11.3 Å². The molecule has 0 aromatic carbocycles. The van der Waals surface area contributed by atoms with Gasteiger partial charge in [0, 0.05) is 25.5 Å². The van der Waals surface area contributed by atoms with E-state index in [1.165, 1.54) is 24.7 Å². The summed E-state index contributed by atoms with van der Waals surface area (Å²) in [5, 5.41) is 16.3. The van der Waals surface area contributed by atoms with Crippen molar-refractivity contribution in [1.82, 2.24) is 40.4 Å². The third-order valence-corrected chi connectivity index (χ3v) is 8.10. The molecule has 17 heteroatoms. The number of halogens is 5. The largest absolute Gasteiger partial charge is 0.410 e. The number of nitrogens with zero attached hydrogens (tertiary/aromatic N) is 6. The summed E-state index contributed by atoms with van der Waals surface area (Å²) in [4.78, 5) is 31.0. The SMILES string of the molecule is COCC(c1cnn2cc(C(NC(=O)c3nonc3C)C3C4CC(F)(F)CC43)nc2c1)N1CC(C(F)(F)F)NC1=O. The van der Waals surface area contributed by atoms with Crippen molar-refractivity contribution in [1.29, 1.82) is 0 Å². The summed E-state index contributed by atoms with van der Waals surface area (Å²) < 4.78 is 78.9. The topological polar surface area (TPSA) is 140 Å². The van der Waals surface area contributed by atoms with E-state index in [0.717, 1.165) is 4.90 Å². The van der Waals surface area contributed by atoms with Crippen molar-refractivity contribution in [3.05, 3.63) is 41.1 Å². The zero-order chi connectivity index (χ0) is 29.3. The fourth-order valence-corrected chi connectivity index (χ4v) is 6.11. The number of aromatic nitrogens is 5. The summed E-state index contributed by atoms with van der Waals surface area (Å²) in [5.41, 5.74) is 1.23. The second-order valence-electron chi connectivity index (χ2n) is 10.7. The van der Waals surface area contributed by atoms with Crippen molar-refractivity contribution in [3.63, 3.8) is 0 Å². The molecule has 220 valence electrons. The first kappa shape index (κ1) is 27.3. The number of amides is 3. The molecule has 3 aromatic rings. The van der Waals surface area contributed by atoms with Crippen molar-refractivity contribution in [3.8, 4) is 0 Å². The number of hydrogen-bond acceptors (Lipinski definition) is 8. The maximum Gasteiger partial charge on any atom is 0.410 e. The molecule has 2 N–H and O–H groups in total. The summed E-state index contributed by atoms with van der Waals surface area (Å²) in [6.07, 6.45) is -2.25. The van der Waals surface area contributed by atoms with Crippen molar-refractivity contribution < 1.29 is 40.9 Å². The highest BCUT2D eigenvalue weighted by atomic mass is 19.4. The van der Waals surface area contributed by atoms with Crippen LogP contribution in [0.3, 0.4) is 0 Å². The quantitative estimate of drug-likeness (QED) is 0.386. The van der Waals surface area contributed by atoms with E-state index in [-0.39, 0.29) is 54.2 Å². The fraction of sp³-hybridized carbons (Fsp3) is 0.583. The smallest absolute Gasteiger partial charge is 0.382 e. The van der Waals surface area contributed by atoms with Crippen molar-refractivity contribution >= 4 is 17.6 Å². The Labute approximate surface area is 228 Å². The number of imidazole rings is 1. The Morgan fingerprint density at radius 3 is 2.63 bits per heavy atom. The lowest BCUT2D eigenvalue weighted by Crippen LogP contribution is -2.40. The lowest BCUT2D eigenvalue weighted by atomic mass is 9.99. The monoisotopic (exact) mass is 584 g/mol. The lowest BCUT2D eigenvalue weighted by molar-refractivity contribution is -0.150. The number of carbonyl (C=O) groups excluding carboxylic acids is 2. The van der Waals surface area contributed by atoms with E-state index in [9.17, 15) is 31.5 Å². The maximum atomic E-state index is 13.9. The van der Waals surface area contributed by atoms with Gasteiger partial charge in [0.1, 0.15) is 11.7 Å². The van der Waals surface area contributed by atoms with Crippen LogP contribution in [0.4, 0.5) is 26.7 Å². The van der Waals surface area contributed by atoms with Crippen LogP contribution in [0, 0.1) is 24.7 Å². The van der Waals surface area contributed by atoms with Gasteiger partial charge in [0.2, 0.25) is 5.92 Å². The highest BCUT2D eigenvalue weighted by molar-refractivity contribution is 5.93. The van der Waals surface area contributed by atoms with Crippen LogP contribution in [0.15, 0.2) is 23.1 Å². The summed E-state index contributed by atoms with van der Waals surface area (Å²) in [5.74, 6) is -4.26. The number of aryl methyl sites for hydroxylation is 1. The van der Waals surface area contributed by atoms with Gasteiger partial charge in [0.25, 0.3) is 5.91 Å². The Morgan fingerprint density at radius 1 is 1.29 bits per heavy atom. The lowest BCUT2D eigenvalue weighted by Gasteiger charge is -2.26. The minimum absolute atomic E-state index is 0.0428. The third kappa shape index (κ3) is 4.95. The fourth-order valence-electron chi connectivity index (χ4n) is 6.11. The minimum Gasteiger partial charge on any atom is -0.382 e. The molecule has 1 aliphatic heterocycles. The van der Waals surface area contributed by atoms with Gasteiger partial charge in [-0.2, -0.15) is 18.3 Å². The number of alkyl halides is 5. The van der Waals surface area contributed by atoms with Crippen molar-refractivity contribution in [2.24, 2.45) is 17.8 Å². The van der Waals surface area contributed by atoms with E-state index < -0.39 is 48.7 Å². The minimum atomic E-state index is -4.62. The van der Waals surface area contributed by atoms with Crippen LogP contribution in [-0.2, 0) is 4.74 Å². The Morgan fingerprint density at radius 2 is 2.02 bits per heavy atom. The van der Waals surface area contributed by atoms with Crippen molar-refractivity contribution in [2.75, 3.05) is 20.3 Å². The summed E-state index contributed by atoms with van der Waals surface area (Å²) in [7, 11) is 1.36. The molecule has 2 saturated carbocycles. The van der Waals surface area contributed by atoms with E-state index in [1.807, 2.05) is 5.32 Å². The first-order valence-electron chi connectivity index (χ1n) is 12.8. The third-order valence-electron chi connectivity index (χ3n) is 8.10. The average Bonchev–Trinajstić information content (AvgIpc) is 3.40. The van der Waals surface area contributed by atoms with Crippen molar-refractivity contribution in [2.45, 2.75) is 50.0 Å². The standard InChI is InChI=1S/C24H25F5N8O4/c1-10-19(35-41-34-10)21(38)33-20(18-12-4-23(25,26)5-13(12)18)14-7-37-17(31-14)3-11(6-30-37)15(9-40-2)36-8-16(24(27,28)29)32-22(36)39/h3,6-7,12-13,15-16,18,20H,4-5,8-9H2,1-2H3,(H,32,39)(H,33,38). The molecular weight excluding hydrogens is 559 g/mol. The van der Waals surface area contributed by atoms with E-state index in [2.05, 4.69) is 30.3 Å². The van der Waals surface area contributed by atoms with Crippen LogP contribution in [-0.4, -0.2) is 80.2 Å². The number of ether oxygens (including phenoxy) is 1. The molecule has 2 aliphatic carbocycles. The Bertz CT molecular complexity index is 1480. The second-order valence-corrected chi connectivity index (χ2v) is 10.7. The molecule has 3 amide bonds. The van der Waals surface area contributed by atoms with Gasteiger partial charge in [0.15, 0.2) is 11.3 Å². The molecule has 0 bridgehead atoms. The maximum absolute atomic E-state index is 13.9. The molecular formula is C24H25F5N8O4. The zero-order valence-electron chi connectivity index (χ0n) is 21.7. The second kappa shape index (κ2) is 9.60. The molecule has 4 heterocycles. The Kier molecular flexibility index (Phi) is 6.39. The number of hydrogen-bond donors (Lipinski definition) is 2. The molecule has 12 nitrogen and oxygen atoms in total. The number of methoxy groups -OCH3 is 1. The first-order chi connectivity index (χ1) is 19.4. The van der Waals surface area contributed by atoms with Crippen LogP contribution in [0.25, 0.3) is 5.65 Å². The number of fused-ring (bicyclic) bond motifs is 2. The Hall–Kier alpha value is -3.89. The average molecular weight is 585 g/mol. The van der Waals surface area contributed by atoms with Gasteiger partial charge in [-0.15, -0.1) is 0 Å². The van der Waals surface area contributed by atoms with Crippen LogP contribution in [0.1, 0.15) is 52.4 Å². The molecule has 1 saturated heterocycles. The van der Waals surface area contributed by atoms with Gasteiger partial charge in [-0.05, 0) is 35.9 Å². The highest BCUT2D eigenvalue weighted by Gasteiger charge is 2.65. The molecule has 5 unspecified atom stereocenters. The van der Waals surface area contributed by atoms with E-state index in [1.54, 1.807) is 12.3 Å². The van der Waals surface area contributed by atoms with Crippen LogP contribution in [0.5, 0.6) is 0 Å². The van der Waals surface area contributed by atoms with Gasteiger partial charge in [0.05, 0.1) is 43.3 Å². The number of nitrogens with one attached hydrogen (secondary N) is 2. The molecule has 0 spiro atoms. The highest BCUT2D eigenvalue weighted by Crippen LogP contribution is 2.66. The van der Waals surface area contributed by atoms with Gasteiger partial charge < -0.3 is 20.3 Å². The zero-order valence-corrected chi connectivity index (χ0v) is 21.7. The number of rotatable bonds is 8. The molecule has 3 aromatic heterocycles. The first-order valence-corrected chi connectivity index (χ1v) is 12.8. The molecule has 41 heavy (non-hydrogen) atoms. The molecule has 6 rings (SSSR count). The predicted octanol–water partition coefficient (Wildman–Crippen LogP) is 2.83.